The third kappa shape index (κ3) is 3.48. The van der Waals surface area contributed by atoms with Gasteiger partial charge in [0.15, 0.2) is 10.8 Å². The fraction of sp³-hybridized carbons (Fsp3) is 0. The summed E-state index contributed by atoms with van der Waals surface area (Å²) in [6.07, 6.45) is 0. The first-order chi connectivity index (χ1) is 14.2. The largest absolute Gasteiger partial charge is 0.452 e. The molecule has 2 aromatic heterocycles. The quantitative estimate of drug-likeness (QED) is 0.294. The highest BCUT2D eigenvalue weighted by Crippen LogP contribution is 2.29. The fourth-order valence-electron chi connectivity index (χ4n) is 3.21. The standard InChI is InChI=1S/C24H14ClNO2S/c25-19-10-11-21-18(12-19)13-22(28-21)23(27)24-26-20(14-29-24)17-8-6-16(7-9-17)15-4-2-1-3-5-15/h1-14H. The van der Waals surface area contributed by atoms with Gasteiger partial charge in [-0.3, -0.25) is 4.79 Å². The van der Waals surface area contributed by atoms with Gasteiger partial charge in [-0.2, -0.15) is 0 Å². The zero-order chi connectivity index (χ0) is 19.8. The van der Waals surface area contributed by atoms with E-state index in [1.165, 1.54) is 11.3 Å². The van der Waals surface area contributed by atoms with Gasteiger partial charge in [-0.15, -0.1) is 11.3 Å². The van der Waals surface area contributed by atoms with Crippen LogP contribution in [0.5, 0.6) is 0 Å². The number of thiazole rings is 1. The second kappa shape index (κ2) is 7.32. The first-order valence-electron chi connectivity index (χ1n) is 9.02. The molecule has 5 rings (SSSR count). The summed E-state index contributed by atoms with van der Waals surface area (Å²) >= 11 is 7.32. The van der Waals surface area contributed by atoms with Crippen LogP contribution >= 0.6 is 22.9 Å². The zero-order valence-electron chi connectivity index (χ0n) is 15.1. The van der Waals surface area contributed by atoms with Gasteiger partial charge in [0.2, 0.25) is 0 Å². The van der Waals surface area contributed by atoms with E-state index >= 15 is 0 Å². The van der Waals surface area contributed by atoms with Crippen LogP contribution in [0, 0.1) is 0 Å². The molecule has 0 saturated carbocycles. The van der Waals surface area contributed by atoms with Gasteiger partial charge in [-0.25, -0.2) is 4.98 Å². The van der Waals surface area contributed by atoms with Crippen molar-refractivity contribution in [3.05, 3.63) is 100 Å². The van der Waals surface area contributed by atoms with Gasteiger partial charge < -0.3 is 4.42 Å². The fourth-order valence-corrected chi connectivity index (χ4v) is 4.16. The summed E-state index contributed by atoms with van der Waals surface area (Å²) < 4.78 is 5.68. The molecule has 0 bridgehead atoms. The van der Waals surface area contributed by atoms with E-state index in [2.05, 4.69) is 29.2 Å². The van der Waals surface area contributed by atoms with Crippen molar-refractivity contribution in [1.29, 1.82) is 0 Å². The average molecular weight is 416 g/mol. The lowest BCUT2D eigenvalue weighted by Crippen LogP contribution is -1.98. The number of hydrogen-bond donors (Lipinski definition) is 0. The Balaban J connectivity index is 1.41. The summed E-state index contributed by atoms with van der Waals surface area (Å²) in [4.78, 5) is 17.3. The monoisotopic (exact) mass is 415 g/mol. The van der Waals surface area contributed by atoms with Gasteiger partial charge >= 0.3 is 0 Å². The van der Waals surface area contributed by atoms with Crippen LogP contribution in [-0.2, 0) is 0 Å². The number of furan rings is 1. The van der Waals surface area contributed by atoms with Gasteiger partial charge in [0.1, 0.15) is 5.58 Å². The van der Waals surface area contributed by atoms with Crippen molar-refractivity contribution >= 4 is 39.7 Å². The van der Waals surface area contributed by atoms with Crippen LogP contribution in [0.3, 0.4) is 0 Å². The van der Waals surface area contributed by atoms with E-state index in [4.69, 9.17) is 16.0 Å². The van der Waals surface area contributed by atoms with Crippen LogP contribution in [0.2, 0.25) is 5.02 Å². The molecule has 0 saturated heterocycles. The highest BCUT2D eigenvalue weighted by molar-refractivity contribution is 7.12. The van der Waals surface area contributed by atoms with E-state index in [-0.39, 0.29) is 11.5 Å². The first-order valence-corrected chi connectivity index (χ1v) is 10.3. The predicted molar refractivity (Wildman–Crippen MR) is 118 cm³/mol. The van der Waals surface area contributed by atoms with E-state index < -0.39 is 0 Å². The highest BCUT2D eigenvalue weighted by atomic mass is 35.5. The molecule has 0 fully saturated rings. The van der Waals surface area contributed by atoms with E-state index in [0.717, 1.165) is 27.8 Å². The number of halogens is 1. The Bertz CT molecular complexity index is 1320. The predicted octanol–water partition coefficient (Wildman–Crippen LogP) is 7.11. The van der Waals surface area contributed by atoms with Gasteiger partial charge in [0, 0.05) is 21.4 Å². The molecule has 3 nitrogen and oxygen atoms in total. The summed E-state index contributed by atoms with van der Waals surface area (Å²) in [5.74, 6) is 0.0390. The van der Waals surface area contributed by atoms with Gasteiger partial charge in [0.25, 0.3) is 5.78 Å². The van der Waals surface area contributed by atoms with Crippen LogP contribution in [-0.4, -0.2) is 10.8 Å². The highest BCUT2D eigenvalue weighted by Gasteiger charge is 2.19. The number of nitrogens with zero attached hydrogens (tertiary/aromatic N) is 1. The van der Waals surface area contributed by atoms with Crippen molar-refractivity contribution in [2.24, 2.45) is 0 Å². The van der Waals surface area contributed by atoms with E-state index in [0.29, 0.717) is 15.6 Å². The lowest BCUT2D eigenvalue weighted by Gasteiger charge is -2.02. The van der Waals surface area contributed by atoms with Crippen LogP contribution in [0.1, 0.15) is 15.6 Å². The molecule has 0 aliphatic carbocycles. The molecule has 3 aromatic carbocycles. The van der Waals surface area contributed by atoms with Crippen molar-refractivity contribution in [3.8, 4) is 22.4 Å². The van der Waals surface area contributed by atoms with Crippen LogP contribution < -0.4 is 0 Å². The maximum Gasteiger partial charge on any atom is 0.256 e. The van der Waals surface area contributed by atoms with E-state index in [9.17, 15) is 4.79 Å². The summed E-state index contributed by atoms with van der Waals surface area (Å²) in [7, 11) is 0. The molecule has 0 radical (unpaired) electrons. The normalized spacial score (nSPS) is 11.1. The van der Waals surface area contributed by atoms with Crippen molar-refractivity contribution in [3.63, 3.8) is 0 Å². The zero-order valence-corrected chi connectivity index (χ0v) is 16.7. The van der Waals surface area contributed by atoms with Crippen LogP contribution in [0.15, 0.2) is 88.7 Å². The molecular formula is C24H14ClNO2S. The van der Waals surface area contributed by atoms with Gasteiger partial charge in [-0.05, 0) is 35.4 Å². The number of carbonyl (C=O) groups is 1. The van der Waals surface area contributed by atoms with Crippen molar-refractivity contribution in [2.45, 2.75) is 0 Å². The number of fused-ring (bicyclic) bond motifs is 1. The van der Waals surface area contributed by atoms with Crippen LogP contribution in [0.4, 0.5) is 0 Å². The first kappa shape index (κ1) is 17.9. The molecule has 0 unspecified atom stereocenters. The Hall–Kier alpha value is -3.21. The Morgan fingerprint density at radius 1 is 0.862 bits per heavy atom. The molecule has 5 heteroatoms. The third-order valence-corrected chi connectivity index (χ3v) is 5.76. The Morgan fingerprint density at radius 2 is 1.59 bits per heavy atom. The Morgan fingerprint density at radius 3 is 2.38 bits per heavy atom. The van der Waals surface area contributed by atoms with Crippen molar-refractivity contribution in [1.82, 2.24) is 4.98 Å². The number of rotatable bonds is 4. The van der Waals surface area contributed by atoms with Gasteiger partial charge in [-0.1, -0.05) is 66.2 Å². The average Bonchev–Trinajstić information content (AvgIpc) is 3.41. The molecule has 5 aromatic rings. The maximum atomic E-state index is 12.8. The Kier molecular flexibility index (Phi) is 4.51. The number of ketones is 1. The number of hydrogen-bond acceptors (Lipinski definition) is 4. The van der Waals surface area contributed by atoms with E-state index in [1.807, 2.05) is 35.7 Å². The summed E-state index contributed by atoms with van der Waals surface area (Å²) in [6.45, 7) is 0. The molecule has 2 heterocycles. The molecule has 0 amide bonds. The minimum Gasteiger partial charge on any atom is -0.452 e. The molecule has 0 aliphatic heterocycles. The molecular weight excluding hydrogens is 402 g/mol. The second-order valence-electron chi connectivity index (χ2n) is 6.60. The third-order valence-electron chi connectivity index (χ3n) is 4.69. The minimum absolute atomic E-state index is 0.227. The van der Waals surface area contributed by atoms with E-state index in [1.54, 1.807) is 24.3 Å². The lowest BCUT2D eigenvalue weighted by molar-refractivity contribution is 0.101. The maximum absolute atomic E-state index is 12.8. The summed E-state index contributed by atoms with van der Waals surface area (Å²) in [5.41, 5.74) is 4.68. The minimum atomic E-state index is -0.227. The molecule has 0 aliphatic rings. The molecule has 140 valence electrons. The molecule has 29 heavy (non-hydrogen) atoms. The van der Waals surface area contributed by atoms with Gasteiger partial charge in [0.05, 0.1) is 5.69 Å². The van der Waals surface area contributed by atoms with Crippen molar-refractivity contribution < 1.29 is 9.21 Å². The van der Waals surface area contributed by atoms with Crippen molar-refractivity contribution in [2.75, 3.05) is 0 Å². The lowest BCUT2D eigenvalue weighted by atomic mass is 10.0. The SMILES string of the molecule is O=C(c1cc2cc(Cl)ccc2o1)c1nc(-c2ccc(-c3ccccc3)cc2)cs1. The molecule has 0 spiro atoms. The molecule has 0 N–H and O–H groups in total. The smallest absolute Gasteiger partial charge is 0.256 e. The summed E-state index contributed by atoms with van der Waals surface area (Å²) in [5, 5.41) is 3.70. The summed E-state index contributed by atoms with van der Waals surface area (Å²) in [6, 6.07) is 25.4. The number of aromatic nitrogens is 1. The number of benzene rings is 3. The van der Waals surface area contributed by atoms with Crippen LogP contribution in [0.25, 0.3) is 33.4 Å². The topological polar surface area (TPSA) is 43.1 Å². The Labute approximate surface area is 176 Å². The number of carbonyl (C=O) groups excluding carboxylic acids is 1. The molecule has 0 atom stereocenters. The second-order valence-corrected chi connectivity index (χ2v) is 7.90.